The van der Waals surface area contributed by atoms with Crippen LogP contribution in [0.4, 0.5) is 0 Å². The Kier molecular flexibility index (Phi) is 2.54. The molecule has 1 aromatic heterocycles. The zero-order valence-electron chi connectivity index (χ0n) is 8.12. The van der Waals surface area contributed by atoms with Crippen LogP contribution in [0.2, 0.25) is 0 Å². The monoisotopic (exact) mass is 211 g/mol. The number of carboxylic acids is 1. The normalized spacial score (nSPS) is 17.5. The van der Waals surface area contributed by atoms with Crippen LogP contribution in [0.25, 0.3) is 0 Å². The Morgan fingerprint density at radius 1 is 1.50 bits per heavy atom. The molecule has 0 radical (unpaired) electrons. The molecule has 1 aliphatic carbocycles. The summed E-state index contributed by atoms with van der Waals surface area (Å²) in [6.07, 6.45) is 4.70. The standard InChI is InChI=1S/C10H13NO2S/c1-6-11-8(10(12)13)9(14-6)7-4-2-3-5-7/h7H,2-5H2,1H3,(H,12,13). The average molecular weight is 211 g/mol. The summed E-state index contributed by atoms with van der Waals surface area (Å²) in [6.45, 7) is 1.87. The topological polar surface area (TPSA) is 50.2 Å². The van der Waals surface area contributed by atoms with Gasteiger partial charge in [0.25, 0.3) is 0 Å². The molecule has 0 bridgehead atoms. The van der Waals surface area contributed by atoms with Crippen molar-refractivity contribution in [2.45, 2.75) is 38.5 Å². The third-order valence-electron chi connectivity index (χ3n) is 2.69. The molecule has 1 fully saturated rings. The van der Waals surface area contributed by atoms with Gasteiger partial charge in [0, 0.05) is 4.88 Å². The molecule has 1 saturated carbocycles. The molecule has 0 amide bonds. The number of carboxylic acid groups (broad SMARTS) is 1. The first-order chi connectivity index (χ1) is 6.68. The van der Waals surface area contributed by atoms with E-state index in [0.29, 0.717) is 11.6 Å². The van der Waals surface area contributed by atoms with E-state index in [1.54, 1.807) is 11.3 Å². The Bertz CT molecular complexity index is 353. The molecule has 1 heterocycles. The van der Waals surface area contributed by atoms with Gasteiger partial charge in [0.05, 0.1) is 5.01 Å². The van der Waals surface area contributed by atoms with Crippen LogP contribution in [0.15, 0.2) is 0 Å². The summed E-state index contributed by atoms with van der Waals surface area (Å²) in [6, 6.07) is 0. The molecular formula is C10H13NO2S. The molecule has 2 rings (SSSR count). The van der Waals surface area contributed by atoms with Crippen molar-refractivity contribution in [2.24, 2.45) is 0 Å². The van der Waals surface area contributed by atoms with Gasteiger partial charge in [-0.1, -0.05) is 12.8 Å². The van der Waals surface area contributed by atoms with Gasteiger partial charge in [0.15, 0.2) is 5.69 Å². The van der Waals surface area contributed by atoms with Gasteiger partial charge in [-0.05, 0) is 25.7 Å². The summed E-state index contributed by atoms with van der Waals surface area (Å²) in [5, 5.41) is 9.85. The fourth-order valence-corrected chi connectivity index (χ4v) is 3.15. The molecule has 0 saturated heterocycles. The predicted octanol–water partition coefficient (Wildman–Crippen LogP) is 2.81. The quantitative estimate of drug-likeness (QED) is 0.818. The lowest BCUT2D eigenvalue weighted by Crippen LogP contribution is -2.03. The van der Waals surface area contributed by atoms with E-state index in [4.69, 9.17) is 5.11 Å². The van der Waals surface area contributed by atoms with Crippen LogP contribution >= 0.6 is 11.3 Å². The van der Waals surface area contributed by atoms with Gasteiger partial charge in [0.2, 0.25) is 0 Å². The van der Waals surface area contributed by atoms with Gasteiger partial charge >= 0.3 is 5.97 Å². The van der Waals surface area contributed by atoms with Crippen LogP contribution in [-0.4, -0.2) is 16.1 Å². The lowest BCUT2D eigenvalue weighted by molar-refractivity contribution is 0.0689. The first-order valence-electron chi connectivity index (χ1n) is 4.89. The Morgan fingerprint density at radius 2 is 2.14 bits per heavy atom. The van der Waals surface area contributed by atoms with Gasteiger partial charge in [-0.2, -0.15) is 0 Å². The van der Waals surface area contributed by atoms with E-state index in [2.05, 4.69) is 4.98 Å². The van der Waals surface area contributed by atoms with Crippen LogP contribution in [0.3, 0.4) is 0 Å². The Morgan fingerprint density at radius 3 is 2.71 bits per heavy atom. The lowest BCUT2D eigenvalue weighted by atomic mass is 10.1. The molecule has 14 heavy (non-hydrogen) atoms. The molecule has 0 unspecified atom stereocenters. The second kappa shape index (κ2) is 3.69. The van der Waals surface area contributed by atoms with Crippen LogP contribution < -0.4 is 0 Å². The number of aromatic carboxylic acids is 1. The van der Waals surface area contributed by atoms with Crippen molar-refractivity contribution in [2.75, 3.05) is 0 Å². The van der Waals surface area contributed by atoms with Crippen molar-refractivity contribution in [1.29, 1.82) is 0 Å². The molecule has 4 heteroatoms. The Balaban J connectivity index is 2.35. The van der Waals surface area contributed by atoms with Crippen molar-refractivity contribution in [3.8, 4) is 0 Å². The number of aromatic nitrogens is 1. The van der Waals surface area contributed by atoms with Crippen LogP contribution in [0.1, 0.15) is 52.0 Å². The maximum atomic E-state index is 10.9. The van der Waals surface area contributed by atoms with Gasteiger partial charge in [0.1, 0.15) is 0 Å². The number of nitrogens with zero attached hydrogens (tertiary/aromatic N) is 1. The highest BCUT2D eigenvalue weighted by Crippen LogP contribution is 2.38. The number of hydrogen-bond acceptors (Lipinski definition) is 3. The first-order valence-corrected chi connectivity index (χ1v) is 5.70. The predicted molar refractivity (Wildman–Crippen MR) is 55.0 cm³/mol. The number of rotatable bonds is 2. The third-order valence-corrected chi connectivity index (χ3v) is 3.82. The fraction of sp³-hybridized carbons (Fsp3) is 0.600. The van der Waals surface area contributed by atoms with E-state index in [-0.39, 0.29) is 0 Å². The van der Waals surface area contributed by atoms with Gasteiger partial charge in [-0.3, -0.25) is 0 Å². The molecule has 3 nitrogen and oxygen atoms in total. The minimum atomic E-state index is -0.878. The van der Waals surface area contributed by atoms with Crippen molar-refractivity contribution in [3.63, 3.8) is 0 Å². The summed E-state index contributed by atoms with van der Waals surface area (Å²) in [5.74, 6) is -0.427. The van der Waals surface area contributed by atoms with E-state index in [1.165, 1.54) is 12.8 Å². The maximum absolute atomic E-state index is 10.9. The summed E-state index contributed by atoms with van der Waals surface area (Å²) in [4.78, 5) is 16.0. The smallest absolute Gasteiger partial charge is 0.355 e. The zero-order chi connectivity index (χ0) is 10.1. The van der Waals surface area contributed by atoms with E-state index < -0.39 is 5.97 Å². The molecule has 0 aromatic carbocycles. The zero-order valence-corrected chi connectivity index (χ0v) is 8.93. The van der Waals surface area contributed by atoms with Crippen molar-refractivity contribution in [1.82, 2.24) is 4.98 Å². The summed E-state index contributed by atoms with van der Waals surface area (Å²) >= 11 is 1.55. The molecule has 0 atom stereocenters. The van der Waals surface area contributed by atoms with Gasteiger partial charge in [-0.25, -0.2) is 9.78 Å². The van der Waals surface area contributed by atoms with E-state index in [9.17, 15) is 4.79 Å². The molecule has 1 N–H and O–H groups in total. The minimum absolute atomic E-state index is 0.291. The molecule has 1 aromatic rings. The second-order valence-corrected chi connectivity index (χ2v) is 4.97. The summed E-state index contributed by atoms with van der Waals surface area (Å²) in [5.41, 5.74) is 0.291. The molecule has 76 valence electrons. The summed E-state index contributed by atoms with van der Waals surface area (Å²) in [7, 11) is 0. The number of aryl methyl sites for hydroxylation is 1. The van der Waals surface area contributed by atoms with E-state index in [0.717, 1.165) is 22.7 Å². The Hall–Kier alpha value is -0.900. The first kappa shape index (κ1) is 9.65. The summed E-state index contributed by atoms with van der Waals surface area (Å²) < 4.78 is 0. The Labute approximate surface area is 86.8 Å². The SMILES string of the molecule is Cc1nc(C(=O)O)c(C2CCCC2)s1. The number of hydrogen-bond donors (Lipinski definition) is 1. The molecule has 0 spiro atoms. The minimum Gasteiger partial charge on any atom is -0.476 e. The third kappa shape index (κ3) is 1.66. The molecule has 1 aliphatic rings. The average Bonchev–Trinajstić information content (AvgIpc) is 2.70. The van der Waals surface area contributed by atoms with Crippen molar-refractivity contribution in [3.05, 3.63) is 15.6 Å². The van der Waals surface area contributed by atoms with Crippen LogP contribution in [-0.2, 0) is 0 Å². The fourth-order valence-electron chi connectivity index (χ4n) is 2.06. The molecular weight excluding hydrogens is 198 g/mol. The highest BCUT2D eigenvalue weighted by atomic mass is 32.1. The van der Waals surface area contributed by atoms with Crippen molar-refractivity contribution < 1.29 is 9.90 Å². The highest BCUT2D eigenvalue weighted by Gasteiger charge is 2.25. The van der Waals surface area contributed by atoms with E-state index in [1.807, 2.05) is 6.92 Å². The lowest BCUT2D eigenvalue weighted by Gasteiger charge is -2.05. The number of thiazole rings is 1. The molecule has 0 aliphatic heterocycles. The van der Waals surface area contributed by atoms with Crippen molar-refractivity contribution >= 4 is 17.3 Å². The largest absolute Gasteiger partial charge is 0.476 e. The van der Waals surface area contributed by atoms with Crippen LogP contribution in [0.5, 0.6) is 0 Å². The van der Waals surface area contributed by atoms with Gasteiger partial charge < -0.3 is 5.11 Å². The maximum Gasteiger partial charge on any atom is 0.355 e. The highest BCUT2D eigenvalue weighted by molar-refractivity contribution is 7.12. The van der Waals surface area contributed by atoms with Crippen LogP contribution in [0, 0.1) is 6.92 Å². The second-order valence-electron chi connectivity index (χ2n) is 3.73. The van der Waals surface area contributed by atoms with Gasteiger partial charge in [-0.15, -0.1) is 11.3 Å². The number of carbonyl (C=O) groups is 1. The van der Waals surface area contributed by atoms with E-state index >= 15 is 0 Å².